The summed E-state index contributed by atoms with van der Waals surface area (Å²) in [6.07, 6.45) is 4.58. The van der Waals surface area contributed by atoms with Gasteiger partial charge in [-0.1, -0.05) is 23.2 Å². The molecule has 1 amide bonds. The first-order chi connectivity index (χ1) is 17.9. The lowest BCUT2D eigenvalue weighted by molar-refractivity contribution is -0.0367. The summed E-state index contributed by atoms with van der Waals surface area (Å²) >= 11 is 12.7. The molecular formula is C25H26Cl2N6O4. The predicted octanol–water partition coefficient (Wildman–Crippen LogP) is 4.66. The number of rotatable bonds is 5. The molecule has 2 N–H and O–H groups in total. The number of hydrogen-bond donors (Lipinski definition) is 2. The Morgan fingerprint density at radius 3 is 2.76 bits per heavy atom. The number of aliphatic imine (C=N–C) groups is 1. The minimum Gasteiger partial charge on any atom is -0.486 e. The van der Waals surface area contributed by atoms with E-state index in [9.17, 15) is 9.90 Å². The summed E-state index contributed by atoms with van der Waals surface area (Å²) in [6, 6.07) is 5.60. The number of hydrogen-bond acceptors (Lipinski definition) is 7. The monoisotopic (exact) mass is 544 g/mol. The maximum Gasteiger partial charge on any atom is 0.407 e. The van der Waals surface area contributed by atoms with E-state index in [0.29, 0.717) is 52.6 Å². The van der Waals surface area contributed by atoms with E-state index in [4.69, 9.17) is 42.8 Å². The van der Waals surface area contributed by atoms with Crippen molar-refractivity contribution in [3.05, 3.63) is 51.9 Å². The molecule has 4 atom stereocenters. The number of fused-ring (bicyclic) bond motifs is 2. The van der Waals surface area contributed by atoms with Crippen LogP contribution >= 0.6 is 23.2 Å². The molecule has 37 heavy (non-hydrogen) atoms. The number of nitrogens with one attached hydrogen (secondary N) is 1. The SMILES string of the molecule is CC(Oc1ccc2c(c1)c(C1=NC3CN(C(=O)O)CC3N1)nn2C1CCCCO1)c1c(Cl)cncc1Cl. The molecular weight excluding hydrogens is 519 g/mol. The third-order valence-corrected chi connectivity index (χ3v) is 7.72. The molecule has 2 aromatic heterocycles. The third-order valence-electron chi connectivity index (χ3n) is 7.12. The normalized spacial score (nSPS) is 24.0. The summed E-state index contributed by atoms with van der Waals surface area (Å²) in [5.41, 5.74) is 2.27. The summed E-state index contributed by atoms with van der Waals surface area (Å²) in [6.45, 7) is 3.33. The zero-order valence-corrected chi connectivity index (χ0v) is 21.6. The molecule has 10 nitrogen and oxygen atoms in total. The second-order valence-electron chi connectivity index (χ2n) is 9.55. The first-order valence-electron chi connectivity index (χ1n) is 12.3. The molecule has 3 aliphatic heterocycles. The fraction of sp³-hybridized carbons (Fsp3) is 0.440. The van der Waals surface area contributed by atoms with Crippen LogP contribution in [0.3, 0.4) is 0 Å². The fourth-order valence-electron chi connectivity index (χ4n) is 5.30. The highest BCUT2D eigenvalue weighted by molar-refractivity contribution is 6.35. The summed E-state index contributed by atoms with van der Waals surface area (Å²) in [5.74, 6) is 1.29. The third kappa shape index (κ3) is 4.47. The lowest BCUT2D eigenvalue weighted by Gasteiger charge is -2.23. The average Bonchev–Trinajstić information content (AvgIpc) is 3.56. The molecule has 2 fully saturated rings. The van der Waals surface area contributed by atoms with E-state index in [1.165, 1.54) is 4.90 Å². The van der Waals surface area contributed by atoms with Crippen LogP contribution in [-0.2, 0) is 4.74 Å². The minimum atomic E-state index is -0.928. The van der Waals surface area contributed by atoms with Gasteiger partial charge in [-0.2, -0.15) is 5.10 Å². The van der Waals surface area contributed by atoms with Crippen LogP contribution < -0.4 is 10.1 Å². The number of benzene rings is 1. The molecule has 1 aromatic carbocycles. The number of aromatic nitrogens is 3. The van der Waals surface area contributed by atoms with Gasteiger partial charge in [0, 0.05) is 43.0 Å². The van der Waals surface area contributed by atoms with Crippen LogP contribution in [0.25, 0.3) is 10.9 Å². The van der Waals surface area contributed by atoms with Gasteiger partial charge >= 0.3 is 6.09 Å². The summed E-state index contributed by atoms with van der Waals surface area (Å²) < 4.78 is 14.2. The fourth-order valence-corrected chi connectivity index (χ4v) is 5.97. The van der Waals surface area contributed by atoms with Crippen molar-refractivity contribution >= 4 is 46.0 Å². The number of carbonyl (C=O) groups is 1. The van der Waals surface area contributed by atoms with Crippen molar-refractivity contribution in [2.45, 2.75) is 50.6 Å². The van der Waals surface area contributed by atoms with E-state index >= 15 is 0 Å². The molecule has 0 bridgehead atoms. The van der Waals surface area contributed by atoms with Gasteiger partial charge in [-0.05, 0) is 44.4 Å². The second kappa shape index (κ2) is 9.66. The maximum absolute atomic E-state index is 11.4. The maximum atomic E-state index is 11.4. The Labute approximate surface area is 223 Å². The van der Waals surface area contributed by atoms with Gasteiger partial charge in [0.1, 0.15) is 17.5 Å². The van der Waals surface area contributed by atoms with Crippen LogP contribution in [0, 0.1) is 0 Å². The van der Waals surface area contributed by atoms with E-state index in [1.807, 2.05) is 29.8 Å². The molecule has 0 aliphatic carbocycles. The van der Waals surface area contributed by atoms with E-state index in [0.717, 1.165) is 30.2 Å². The molecule has 2 saturated heterocycles. The number of amidine groups is 1. The lowest BCUT2D eigenvalue weighted by atomic mass is 10.1. The van der Waals surface area contributed by atoms with Crippen LogP contribution in [0.4, 0.5) is 4.79 Å². The van der Waals surface area contributed by atoms with Gasteiger partial charge in [0.25, 0.3) is 0 Å². The Bertz CT molecular complexity index is 1370. The first-order valence-corrected chi connectivity index (χ1v) is 13.1. The van der Waals surface area contributed by atoms with Gasteiger partial charge in [-0.3, -0.25) is 9.98 Å². The van der Waals surface area contributed by atoms with Crippen LogP contribution in [0.1, 0.15) is 49.8 Å². The van der Waals surface area contributed by atoms with Crippen LogP contribution in [-0.4, -0.2) is 68.5 Å². The molecule has 3 aliphatic rings. The second-order valence-corrected chi connectivity index (χ2v) is 10.4. The van der Waals surface area contributed by atoms with Crippen LogP contribution in [0.2, 0.25) is 10.0 Å². The van der Waals surface area contributed by atoms with Gasteiger partial charge in [0.05, 0.1) is 27.6 Å². The average molecular weight is 545 g/mol. The minimum absolute atomic E-state index is 0.0762. The Balaban J connectivity index is 1.36. The van der Waals surface area contributed by atoms with Gasteiger partial charge in [-0.25, -0.2) is 9.48 Å². The van der Waals surface area contributed by atoms with Gasteiger partial charge in [0.2, 0.25) is 0 Å². The number of likely N-dealkylation sites (tertiary alicyclic amines) is 1. The number of amides is 1. The van der Waals surface area contributed by atoms with Crippen LogP contribution in [0.5, 0.6) is 5.75 Å². The van der Waals surface area contributed by atoms with Gasteiger partial charge in [0.15, 0.2) is 12.1 Å². The molecule has 0 saturated carbocycles. The Kier molecular flexibility index (Phi) is 6.34. The van der Waals surface area contributed by atoms with Crippen LogP contribution in [0.15, 0.2) is 35.6 Å². The van der Waals surface area contributed by atoms with E-state index in [1.54, 1.807) is 12.4 Å². The highest BCUT2D eigenvalue weighted by atomic mass is 35.5. The molecule has 0 spiro atoms. The Hall–Kier alpha value is -3.08. The van der Waals surface area contributed by atoms with Crippen molar-refractivity contribution in [2.75, 3.05) is 19.7 Å². The first kappa shape index (κ1) is 24.3. The molecule has 12 heteroatoms. The topological polar surface area (TPSA) is 114 Å². The van der Waals surface area contributed by atoms with E-state index < -0.39 is 12.2 Å². The lowest BCUT2D eigenvalue weighted by Crippen LogP contribution is -2.37. The van der Waals surface area contributed by atoms with E-state index in [-0.39, 0.29) is 18.3 Å². The summed E-state index contributed by atoms with van der Waals surface area (Å²) in [4.78, 5) is 21.6. The number of nitrogens with zero attached hydrogens (tertiary/aromatic N) is 5. The summed E-state index contributed by atoms with van der Waals surface area (Å²) in [7, 11) is 0. The molecule has 3 aromatic rings. The standard InChI is InChI=1S/C25H26Cl2N6O4/c1-13(22-16(26)9-28-10-17(22)27)37-14-5-6-20-15(8-14)23(31-33(20)21-4-2-3-7-36-21)24-29-18-11-32(25(34)35)12-19(18)30-24/h5-6,8-10,13,18-19,21H,2-4,7,11-12H2,1H3,(H,29,30)(H,34,35). The highest BCUT2D eigenvalue weighted by Crippen LogP contribution is 2.35. The van der Waals surface area contributed by atoms with Gasteiger partial charge < -0.3 is 24.8 Å². The molecule has 4 unspecified atom stereocenters. The highest BCUT2D eigenvalue weighted by Gasteiger charge is 2.41. The van der Waals surface area contributed by atoms with Crippen molar-refractivity contribution in [2.24, 2.45) is 4.99 Å². The van der Waals surface area contributed by atoms with Crippen molar-refractivity contribution in [3.63, 3.8) is 0 Å². The number of halogens is 2. The van der Waals surface area contributed by atoms with Gasteiger partial charge in [-0.15, -0.1) is 0 Å². The molecule has 0 radical (unpaired) electrons. The summed E-state index contributed by atoms with van der Waals surface area (Å²) in [5, 5.41) is 19.4. The Morgan fingerprint density at radius 1 is 1.24 bits per heavy atom. The number of pyridine rings is 1. The number of ether oxygens (including phenoxy) is 2. The zero-order valence-electron chi connectivity index (χ0n) is 20.1. The zero-order chi connectivity index (χ0) is 25.7. The van der Waals surface area contributed by atoms with Crippen molar-refractivity contribution in [3.8, 4) is 5.75 Å². The van der Waals surface area contributed by atoms with E-state index in [2.05, 4.69) is 10.3 Å². The molecule has 6 rings (SSSR count). The van der Waals surface area contributed by atoms with Crippen molar-refractivity contribution in [1.82, 2.24) is 25.0 Å². The molecule has 194 valence electrons. The smallest absolute Gasteiger partial charge is 0.407 e. The Morgan fingerprint density at radius 2 is 2.05 bits per heavy atom. The quantitative estimate of drug-likeness (QED) is 0.480. The largest absolute Gasteiger partial charge is 0.486 e. The van der Waals surface area contributed by atoms with Crippen molar-refractivity contribution in [1.29, 1.82) is 0 Å². The van der Waals surface area contributed by atoms with Crippen molar-refractivity contribution < 1.29 is 19.4 Å². The predicted molar refractivity (Wildman–Crippen MR) is 139 cm³/mol. The molecule has 5 heterocycles. The number of carboxylic acid groups (broad SMARTS) is 1.